The van der Waals surface area contributed by atoms with Gasteiger partial charge in [-0.05, 0) is 42.8 Å². The molecule has 5 rings (SSSR count). The molecular formula is C23H27N5O. The van der Waals surface area contributed by atoms with Crippen LogP contribution in [-0.4, -0.2) is 63.4 Å². The fraction of sp³-hybridized carbons (Fsp3) is 0.348. The molecule has 6 heteroatoms. The monoisotopic (exact) mass is 389 g/mol. The van der Waals surface area contributed by atoms with Gasteiger partial charge >= 0.3 is 0 Å². The first-order valence-electron chi connectivity index (χ1n) is 10.3. The zero-order valence-electron chi connectivity index (χ0n) is 17.0. The molecule has 1 atom stereocenters. The van der Waals surface area contributed by atoms with Crippen molar-refractivity contribution in [1.82, 2.24) is 24.1 Å². The molecule has 150 valence electrons. The van der Waals surface area contributed by atoms with Crippen molar-refractivity contribution in [1.29, 1.82) is 0 Å². The number of benzene rings is 1. The lowest BCUT2D eigenvalue weighted by molar-refractivity contribution is 0.107. The van der Waals surface area contributed by atoms with E-state index in [9.17, 15) is 4.79 Å². The molecule has 6 nitrogen and oxygen atoms in total. The predicted molar refractivity (Wildman–Crippen MR) is 117 cm³/mol. The molecule has 0 spiro atoms. The number of H-pyrrole nitrogens is 1. The minimum absolute atomic E-state index is 0.0410. The Morgan fingerprint density at radius 2 is 2.07 bits per heavy atom. The number of aromatic nitrogens is 2. The molecule has 1 saturated heterocycles. The van der Waals surface area contributed by atoms with Crippen LogP contribution >= 0.6 is 0 Å². The first-order valence-corrected chi connectivity index (χ1v) is 10.3. The Labute approximate surface area is 170 Å². The molecule has 1 fully saturated rings. The zero-order valence-corrected chi connectivity index (χ0v) is 17.0. The molecule has 0 unspecified atom stereocenters. The van der Waals surface area contributed by atoms with Crippen molar-refractivity contribution < 1.29 is 0 Å². The van der Waals surface area contributed by atoms with Crippen molar-refractivity contribution in [3.8, 4) is 0 Å². The van der Waals surface area contributed by atoms with Gasteiger partial charge in [0.1, 0.15) is 5.52 Å². The third-order valence-corrected chi connectivity index (χ3v) is 6.03. The number of hydrogen-bond donors (Lipinski definition) is 1. The SMILES string of the molecule is C[C@@H]1CN(Cc2ccc3c(c2)[nH]c(=O)c2cccn23)CCN1C1=CN(C)CC=C1. The number of fused-ring (bicyclic) bond motifs is 3. The average Bonchev–Trinajstić information content (AvgIpc) is 3.19. The molecule has 0 saturated carbocycles. The number of nitrogens with one attached hydrogen (secondary N) is 1. The maximum absolute atomic E-state index is 12.3. The van der Waals surface area contributed by atoms with E-state index in [0.717, 1.165) is 43.8 Å². The summed E-state index contributed by atoms with van der Waals surface area (Å²) in [5.41, 5.74) is 5.12. The predicted octanol–water partition coefficient (Wildman–Crippen LogP) is 2.63. The van der Waals surface area contributed by atoms with Crippen LogP contribution in [0.5, 0.6) is 0 Å². The Morgan fingerprint density at radius 1 is 1.17 bits per heavy atom. The van der Waals surface area contributed by atoms with E-state index in [1.165, 1.54) is 11.3 Å². The van der Waals surface area contributed by atoms with E-state index in [1.54, 1.807) is 0 Å². The van der Waals surface area contributed by atoms with Gasteiger partial charge in [0.05, 0.1) is 16.7 Å². The largest absolute Gasteiger partial charge is 0.375 e. The number of aromatic amines is 1. The van der Waals surface area contributed by atoms with Crippen LogP contribution in [0.4, 0.5) is 0 Å². The standard InChI is InChI=1S/C23H27N5O/c1-17-14-26(11-12-27(17)19-5-3-9-25(2)16-19)15-18-7-8-21-20(13-18)24-23(29)22-6-4-10-28(21)22/h3-8,10,13,16-17H,9,11-12,14-15H2,1-2H3,(H,24,29)/t17-/m1/s1. The first kappa shape index (κ1) is 18.1. The molecule has 0 bridgehead atoms. The summed E-state index contributed by atoms with van der Waals surface area (Å²) in [5, 5.41) is 0. The van der Waals surface area contributed by atoms with Gasteiger partial charge in [-0.2, -0.15) is 0 Å². The quantitative estimate of drug-likeness (QED) is 0.748. The van der Waals surface area contributed by atoms with Crippen LogP contribution in [-0.2, 0) is 6.54 Å². The van der Waals surface area contributed by atoms with Gasteiger partial charge in [-0.25, -0.2) is 0 Å². The van der Waals surface area contributed by atoms with E-state index in [4.69, 9.17) is 0 Å². The van der Waals surface area contributed by atoms with Gasteiger partial charge in [0, 0.05) is 58.2 Å². The van der Waals surface area contributed by atoms with Crippen molar-refractivity contribution in [3.05, 3.63) is 76.5 Å². The number of piperazine rings is 1. The lowest BCUT2D eigenvalue weighted by atomic mass is 10.1. The molecular weight excluding hydrogens is 362 g/mol. The molecule has 2 aliphatic heterocycles. The summed E-state index contributed by atoms with van der Waals surface area (Å²) in [6, 6.07) is 10.6. The van der Waals surface area contributed by atoms with E-state index >= 15 is 0 Å². The maximum Gasteiger partial charge on any atom is 0.272 e. The van der Waals surface area contributed by atoms with Crippen molar-refractivity contribution >= 4 is 16.6 Å². The number of hydrogen-bond acceptors (Lipinski definition) is 4. The minimum Gasteiger partial charge on any atom is -0.375 e. The minimum atomic E-state index is -0.0410. The summed E-state index contributed by atoms with van der Waals surface area (Å²) in [6.45, 7) is 7.27. The number of rotatable bonds is 3. The fourth-order valence-corrected chi connectivity index (χ4v) is 4.60. The van der Waals surface area contributed by atoms with E-state index in [2.05, 4.69) is 70.2 Å². The van der Waals surface area contributed by atoms with Crippen LogP contribution in [0.15, 0.2) is 65.4 Å². The van der Waals surface area contributed by atoms with E-state index < -0.39 is 0 Å². The molecule has 4 heterocycles. The van der Waals surface area contributed by atoms with Gasteiger partial charge in [0.15, 0.2) is 0 Å². The van der Waals surface area contributed by atoms with Gasteiger partial charge in [-0.3, -0.25) is 9.69 Å². The molecule has 0 amide bonds. The molecule has 0 aliphatic carbocycles. The van der Waals surface area contributed by atoms with Crippen molar-refractivity contribution in [2.75, 3.05) is 33.2 Å². The number of allylic oxidation sites excluding steroid dienone is 1. The second-order valence-corrected chi connectivity index (χ2v) is 8.24. The Morgan fingerprint density at radius 3 is 2.90 bits per heavy atom. The van der Waals surface area contributed by atoms with Crippen molar-refractivity contribution in [2.45, 2.75) is 19.5 Å². The molecule has 1 aromatic carbocycles. The Hall–Kier alpha value is -2.99. The summed E-state index contributed by atoms with van der Waals surface area (Å²) in [6.07, 6.45) is 8.66. The van der Waals surface area contributed by atoms with Crippen molar-refractivity contribution in [2.24, 2.45) is 0 Å². The summed E-state index contributed by atoms with van der Waals surface area (Å²) in [4.78, 5) is 22.6. The summed E-state index contributed by atoms with van der Waals surface area (Å²) >= 11 is 0. The van der Waals surface area contributed by atoms with Crippen LogP contribution in [0.3, 0.4) is 0 Å². The lowest BCUT2D eigenvalue weighted by Gasteiger charge is -2.42. The highest BCUT2D eigenvalue weighted by Gasteiger charge is 2.25. The number of likely N-dealkylation sites (N-methyl/N-ethyl adjacent to an activating group) is 1. The molecule has 2 aromatic heterocycles. The van der Waals surface area contributed by atoms with Crippen molar-refractivity contribution in [3.63, 3.8) is 0 Å². The summed E-state index contributed by atoms with van der Waals surface area (Å²) in [5.74, 6) is 0. The van der Waals surface area contributed by atoms with E-state index in [-0.39, 0.29) is 5.56 Å². The van der Waals surface area contributed by atoms with E-state index in [0.29, 0.717) is 11.6 Å². The number of nitrogens with zero attached hydrogens (tertiary/aromatic N) is 4. The van der Waals surface area contributed by atoms with Gasteiger partial charge in [0.25, 0.3) is 5.56 Å². The third kappa shape index (κ3) is 3.34. The summed E-state index contributed by atoms with van der Waals surface area (Å²) in [7, 11) is 2.12. The average molecular weight is 390 g/mol. The van der Waals surface area contributed by atoms with Gasteiger partial charge in [0.2, 0.25) is 0 Å². The van der Waals surface area contributed by atoms with Gasteiger partial charge in [-0.1, -0.05) is 12.1 Å². The molecule has 0 radical (unpaired) electrons. The van der Waals surface area contributed by atoms with E-state index in [1.807, 2.05) is 22.7 Å². The fourth-order valence-electron chi connectivity index (χ4n) is 4.60. The molecule has 3 aromatic rings. The second-order valence-electron chi connectivity index (χ2n) is 8.24. The van der Waals surface area contributed by atoms with Crippen LogP contribution in [0.2, 0.25) is 0 Å². The van der Waals surface area contributed by atoms with Crippen LogP contribution in [0.25, 0.3) is 16.6 Å². The normalized spacial score (nSPS) is 20.6. The summed E-state index contributed by atoms with van der Waals surface area (Å²) < 4.78 is 1.96. The van der Waals surface area contributed by atoms with Gasteiger partial charge in [-0.15, -0.1) is 0 Å². The second kappa shape index (κ2) is 7.12. The highest BCUT2D eigenvalue weighted by Crippen LogP contribution is 2.21. The Kier molecular flexibility index (Phi) is 4.43. The highest BCUT2D eigenvalue weighted by atomic mass is 16.1. The third-order valence-electron chi connectivity index (χ3n) is 6.03. The first-order chi connectivity index (χ1) is 14.1. The topological polar surface area (TPSA) is 47.0 Å². The Balaban J connectivity index is 1.33. The van der Waals surface area contributed by atoms with Crippen LogP contribution < -0.4 is 5.56 Å². The highest BCUT2D eigenvalue weighted by molar-refractivity contribution is 5.78. The Bertz CT molecular complexity index is 1170. The smallest absolute Gasteiger partial charge is 0.272 e. The van der Waals surface area contributed by atoms with Crippen LogP contribution in [0, 0.1) is 0 Å². The zero-order chi connectivity index (χ0) is 20.0. The van der Waals surface area contributed by atoms with Crippen LogP contribution in [0.1, 0.15) is 12.5 Å². The van der Waals surface area contributed by atoms with Gasteiger partial charge < -0.3 is 19.2 Å². The molecule has 2 aliphatic rings. The lowest BCUT2D eigenvalue weighted by Crippen LogP contribution is -2.51. The molecule has 1 N–H and O–H groups in total. The molecule has 29 heavy (non-hydrogen) atoms. The maximum atomic E-state index is 12.3.